The van der Waals surface area contributed by atoms with Gasteiger partial charge in [0, 0.05) is 51.7 Å². The van der Waals surface area contributed by atoms with Gasteiger partial charge in [0.25, 0.3) is 0 Å². The van der Waals surface area contributed by atoms with Crippen LogP contribution in [0.1, 0.15) is 26.7 Å². The molecule has 2 aliphatic heterocycles. The van der Waals surface area contributed by atoms with Gasteiger partial charge in [-0.25, -0.2) is 9.97 Å². The Bertz CT molecular complexity index is 590. The maximum atomic E-state index is 12.9. The highest BCUT2D eigenvalue weighted by atomic mass is 16.2. The van der Waals surface area contributed by atoms with Crippen LogP contribution in [0.3, 0.4) is 0 Å². The second-order valence-corrected chi connectivity index (χ2v) is 6.95. The summed E-state index contributed by atoms with van der Waals surface area (Å²) in [6.07, 6.45) is 5.51. The number of carbonyl (C=O) groups is 2. The van der Waals surface area contributed by atoms with Crippen molar-refractivity contribution in [1.29, 1.82) is 0 Å². The van der Waals surface area contributed by atoms with E-state index in [0.29, 0.717) is 32.1 Å². The van der Waals surface area contributed by atoms with Crippen molar-refractivity contribution in [2.24, 2.45) is 5.41 Å². The Morgan fingerprint density at radius 3 is 1.92 bits per heavy atom. The Labute approximate surface area is 142 Å². The molecule has 2 amide bonds. The highest BCUT2D eigenvalue weighted by Crippen LogP contribution is 2.25. The van der Waals surface area contributed by atoms with E-state index >= 15 is 0 Å². The molecular formula is C17H25N5O2. The topological polar surface area (TPSA) is 69.6 Å². The Morgan fingerprint density at radius 2 is 1.38 bits per heavy atom. The lowest BCUT2D eigenvalue weighted by Gasteiger charge is -2.39. The quantitative estimate of drug-likeness (QED) is 0.766. The predicted molar refractivity (Wildman–Crippen MR) is 90.4 cm³/mol. The third kappa shape index (κ3) is 3.20. The Morgan fingerprint density at radius 1 is 0.875 bits per heavy atom. The minimum absolute atomic E-state index is 0.0428. The highest BCUT2D eigenvalue weighted by Gasteiger charge is 2.42. The van der Waals surface area contributed by atoms with Crippen molar-refractivity contribution in [3.05, 3.63) is 18.5 Å². The summed E-state index contributed by atoms with van der Waals surface area (Å²) in [4.78, 5) is 39.8. The molecule has 24 heavy (non-hydrogen) atoms. The van der Waals surface area contributed by atoms with E-state index in [4.69, 9.17) is 0 Å². The summed E-state index contributed by atoms with van der Waals surface area (Å²) in [6, 6.07) is 1.79. The molecule has 130 valence electrons. The molecule has 0 saturated carbocycles. The standard InChI is InChI=1S/C17H25N5O2/c1-17(2,14(23)20-8-3-4-9-20)15(24)21-10-12-22(13-11-21)16-18-6-5-7-19-16/h5-7H,3-4,8-13H2,1-2H3. The van der Waals surface area contributed by atoms with Crippen molar-refractivity contribution in [1.82, 2.24) is 19.8 Å². The molecule has 1 aromatic heterocycles. The van der Waals surface area contributed by atoms with Gasteiger partial charge in [-0.2, -0.15) is 0 Å². The lowest BCUT2D eigenvalue weighted by atomic mass is 9.89. The van der Waals surface area contributed by atoms with Gasteiger partial charge in [0.15, 0.2) is 0 Å². The van der Waals surface area contributed by atoms with Crippen molar-refractivity contribution in [2.75, 3.05) is 44.2 Å². The summed E-state index contributed by atoms with van der Waals surface area (Å²) >= 11 is 0. The molecule has 3 rings (SSSR count). The maximum absolute atomic E-state index is 12.9. The van der Waals surface area contributed by atoms with Crippen molar-refractivity contribution in [3.8, 4) is 0 Å². The minimum atomic E-state index is -0.990. The number of hydrogen-bond acceptors (Lipinski definition) is 5. The van der Waals surface area contributed by atoms with Gasteiger partial charge in [0.05, 0.1) is 0 Å². The summed E-state index contributed by atoms with van der Waals surface area (Å²) in [7, 11) is 0. The van der Waals surface area contributed by atoms with Crippen LogP contribution >= 0.6 is 0 Å². The number of amides is 2. The second-order valence-electron chi connectivity index (χ2n) is 6.95. The van der Waals surface area contributed by atoms with Crippen LogP contribution in [0.5, 0.6) is 0 Å². The molecule has 7 nitrogen and oxygen atoms in total. The van der Waals surface area contributed by atoms with Gasteiger partial charge in [-0.15, -0.1) is 0 Å². The number of piperazine rings is 1. The predicted octanol–water partition coefficient (Wildman–Crippen LogP) is 0.774. The summed E-state index contributed by atoms with van der Waals surface area (Å²) < 4.78 is 0. The molecule has 3 heterocycles. The molecule has 0 atom stereocenters. The maximum Gasteiger partial charge on any atom is 0.237 e. The number of anilines is 1. The number of carbonyl (C=O) groups excluding carboxylic acids is 2. The molecule has 2 saturated heterocycles. The largest absolute Gasteiger partial charge is 0.342 e. The molecule has 0 bridgehead atoms. The lowest BCUT2D eigenvalue weighted by molar-refractivity contribution is -0.153. The van der Waals surface area contributed by atoms with Crippen LogP contribution in [0.15, 0.2) is 18.5 Å². The fourth-order valence-electron chi connectivity index (χ4n) is 3.37. The Hall–Kier alpha value is -2.18. The zero-order chi connectivity index (χ0) is 17.2. The van der Waals surface area contributed by atoms with Crippen molar-refractivity contribution in [2.45, 2.75) is 26.7 Å². The van der Waals surface area contributed by atoms with Crippen LogP contribution in [0.25, 0.3) is 0 Å². The first-order valence-corrected chi connectivity index (χ1v) is 8.61. The van der Waals surface area contributed by atoms with Gasteiger partial charge in [-0.3, -0.25) is 9.59 Å². The second kappa shape index (κ2) is 6.75. The molecular weight excluding hydrogens is 306 g/mol. The molecule has 2 fully saturated rings. The van der Waals surface area contributed by atoms with Crippen LogP contribution in [0.2, 0.25) is 0 Å². The third-order valence-corrected chi connectivity index (χ3v) is 4.86. The van der Waals surface area contributed by atoms with Crippen molar-refractivity contribution in [3.63, 3.8) is 0 Å². The number of hydrogen-bond donors (Lipinski definition) is 0. The number of nitrogens with zero attached hydrogens (tertiary/aromatic N) is 5. The van der Waals surface area contributed by atoms with Crippen LogP contribution in [-0.4, -0.2) is 70.9 Å². The third-order valence-electron chi connectivity index (χ3n) is 4.86. The molecule has 0 N–H and O–H groups in total. The molecule has 0 unspecified atom stereocenters. The Balaban J connectivity index is 1.61. The van der Waals surface area contributed by atoms with Gasteiger partial charge in [-0.1, -0.05) is 0 Å². The van der Waals surface area contributed by atoms with Crippen molar-refractivity contribution < 1.29 is 9.59 Å². The summed E-state index contributed by atoms with van der Waals surface area (Å²) in [6.45, 7) is 7.60. The minimum Gasteiger partial charge on any atom is -0.342 e. The zero-order valence-electron chi connectivity index (χ0n) is 14.4. The first kappa shape index (κ1) is 16.7. The first-order chi connectivity index (χ1) is 11.5. The van der Waals surface area contributed by atoms with Gasteiger partial charge in [-0.05, 0) is 32.8 Å². The van der Waals surface area contributed by atoms with Crippen molar-refractivity contribution >= 4 is 17.8 Å². The Kier molecular flexibility index (Phi) is 4.69. The van der Waals surface area contributed by atoms with E-state index in [1.807, 2.05) is 4.90 Å². The molecule has 0 aliphatic carbocycles. The van der Waals surface area contributed by atoms with Crippen LogP contribution < -0.4 is 4.90 Å². The average Bonchev–Trinajstić information content (AvgIpc) is 3.16. The molecule has 0 spiro atoms. The lowest BCUT2D eigenvalue weighted by Crippen LogP contribution is -2.56. The fraction of sp³-hybridized carbons (Fsp3) is 0.647. The monoisotopic (exact) mass is 331 g/mol. The zero-order valence-corrected chi connectivity index (χ0v) is 14.4. The number of aromatic nitrogens is 2. The van der Waals surface area contributed by atoms with E-state index in [9.17, 15) is 9.59 Å². The normalized spacial score (nSPS) is 18.8. The van der Waals surface area contributed by atoms with Gasteiger partial charge >= 0.3 is 0 Å². The number of likely N-dealkylation sites (tertiary alicyclic amines) is 1. The molecule has 2 aliphatic rings. The number of rotatable bonds is 3. The highest BCUT2D eigenvalue weighted by molar-refractivity contribution is 6.04. The molecule has 0 radical (unpaired) electrons. The van der Waals surface area contributed by atoms with Crippen LogP contribution in [-0.2, 0) is 9.59 Å². The van der Waals surface area contributed by atoms with Gasteiger partial charge < -0.3 is 14.7 Å². The van der Waals surface area contributed by atoms with E-state index < -0.39 is 5.41 Å². The molecule has 0 aromatic carbocycles. The van der Waals surface area contributed by atoms with E-state index in [0.717, 1.165) is 25.9 Å². The SMILES string of the molecule is CC(C)(C(=O)N1CCCC1)C(=O)N1CCN(c2ncccn2)CC1. The van der Waals surface area contributed by atoms with Crippen LogP contribution in [0, 0.1) is 5.41 Å². The summed E-state index contributed by atoms with van der Waals surface area (Å²) in [5, 5.41) is 0. The van der Waals surface area contributed by atoms with Gasteiger partial charge in [0.1, 0.15) is 5.41 Å². The average molecular weight is 331 g/mol. The summed E-state index contributed by atoms with van der Waals surface area (Å²) in [5.41, 5.74) is -0.990. The fourth-order valence-corrected chi connectivity index (χ4v) is 3.37. The van der Waals surface area contributed by atoms with E-state index in [-0.39, 0.29) is 11.8 Å². The van der Waals surface area contributed by atoms with E-state index in [1.165, 1.54) is 0 Å². The molecule has 1 aromatic rings. The van der Waals surface area contributed by atoms with E-state index in [1.54, 1.807) is 37.2 Å². The van der Waals surface area contributed by atoms with Crippen LogP contribution in [0.4, 0.5) is 5.95 Å². The molecule has 7 heteroatoms. The first-order valence-electron chi connectivity index (χ1n) is 8.61. The van der Waals surface area contributed by atoms with Gasteiger partial charge in [0.2, 0.25) is 17.8 Å². The van der Waals surface area contributed by atoms with E-state index in [2.05, 4.69) is 14.9 Å². The summed E-state index contributed by atoms with van der Waals surface area (Å²) in [5.74, 6) is 0.573. The smallest absolute Gasteiger partial charge is 0.237 e.